The highest BCUT2D eigenvalue weighted by Gasteiger charge is 2.31. The molecule has 1 heterocycles. The van der Waals surface area contributed by atoms with Crippen LogP contribution in [0.5, 0.6) is 5.75 Å². The van der Waals surface area contributed by atoms with E-state index >= 15 is 0 Å². The number of alkyl carbamates (subject to hydrolysis) is 1. The Labute approximate surface area is 321 Å². The lowest BCUT2D eigenvalue weighted by Crippen LogP contribution is -2.39. The van der Waals surface area contributed by atoms with Crippen LogP contribution in [0.3, 0.4) is 0 Å². The maximum atomic E-state index is 14.7. The van der Waals surface area contributed by atoms with Crippen LogP contribution >= 0.6 is 23.5 Å². The summed E-state index contributed by atoms with van der Waals surface area (Å²) in [6, 6.07) is 13.9. The number of aldehydes is 1. The van der Waals surface area contributed by atoms with Gasteiger partial charge < -0.3 is 20.1 Å². The Morgan fingerprint density at radius 2 is 1.91 bits per heavy atom. The number of hydrogen-bond acceptors (Lipinski definition) is 9. The number of halogens is 3. The molecule has 0 aliphatic heterocycles. The molecule has 284 valence electrons. The number of hydrogen-bond donors (Lipinski definition) is 3. The molecule has 0 radical (unpaired) electrons. The van der Waals surface area contributed by atoms with E-state index in [1.54, 1.807) is 57.4 Å². The number of para-hydroxylation sites is 1. The number of amides is 1. The number of ether oxygens (including phenoxy) is 2. The molecule has 11 nitrogen and oxygen atoms in total. The van der Waals surface area contributed by atoms with Gasteiger partial charge in [-0.1, -0.05) is 41.7 Å². The summed E-state index contributed by atoms with van der Waals surface area (Å²) in [5.74, 6) is -1.56. The summed E-state index contributed by atoms with van der Waals surface area (Å²) in [7, 11) is 3.19. The summed E-state index contributed by atoms with van der Waals surface area (Å²) in [6.45, 7) is 5.36. The number of carbonyl (C=O) groups is 2. The maximum absolute atomic E-state index is 14.7. The number of nitrogens with zero attached hydrogens (tertiary/aromatic N) is 3. The predicted molar refractivity (Wildman–Crippen MR) is 209 cm³/mol. The lowest BCUT2D eigenvalue weighted by molar-refractivity contribution is 0.0494. The van der Waals surface area contributed by atoms with Crippen molar-refractivity contribution in [2.75, 3.05) is 25.7 Å². The molecule has 5 rings (SSSR count). The first-order chi connectivity index (χ1) is 25.7. The van der Waals surface area contributed by atoms with Crippen molar-refractivity contribution in [2.24, 2.45) is 5.92 Å². The molecule has 2 atom stereocenters. The molecular weight excluding hydrogens is 738 g/mol. The van der Waals surface area contributed by atoms with Gasteiger partial charge in [0.05, 0.1) is 52.6 Å². The van der Waals surface area contributed by atoms with Crippen molar-refractivity contribution in [3.05, 3.63) is 116 Å². The van der Waals surface area contributed by atoms with Crippen LogP contribution in [0.1, 0.15) is 67.0 Å². The minimum atomic E-state index is -1.18. The van der Waals surface area contributed by atoms with Crippen LogP contribution in [-0.4, -0.2) is 58.1 Å². The summed E-state index contributed by atoms with van der Waals surface area (Å²) >= 11 is 8.14. The minimum Gasteiger partial charge on any atom is -0.497 e. The highest BCUT2D eigenvalue weighted by Crippen LogP contribution is 2.37. The van der Waals surface area contributed by atoms with Gasteiger partial charge in [0, 0.05) is 31.4 Å². The molecule has 15 heteroatoms. The molecule has 0 saturated heterocycles. The lowest BCUT2D eigenvalue weighted by Gasteiger charge is -2.29. The molecular formula is C39H41ClF2N6O5S. The van der Waals surface area contributed by atoms with Gasteiger partial charge in [-0.15, -0.1) is 0 Å². The molecule has 1 aromatic heterocycles. The third kappa shape index (κ3) is 8.93. The number of rotatable bonds is 12. The first-order valence-corrected chi connectivity index (χ1v) is 18.5. The average molecular weight is 779 g/mol. The smallest absolute Gasteiger partial charge is 0.408 e. The van der Waals surface area contributed by atoms with Crippen LogP contribution in [0.25, 0.3) is 16.6 Å². The van der Waals surface area contributed by atoms with Crippen LogP contribution < -0.4 is 20.9 Å². The zero-order chi connectivity index (χ0) is 39.3. The molecule has 1 aliphatic carbocycles. The van der Waals surface area contributed by atoms with Crippen LogP contribution in [0.2, 0.25) is 5.02 Å². The van der Waals surface area contributed by atoms with Crippen LogP contribution in [0.15, 0.2) is 83.2 Å². The Balaban J connectivity index is 1.74. The number of aromatic nitrogens is 2. The third-order valence-electron chi connectivity index (χ3n) is 8.59. The molecule has 2 unspecified atom stereocenters. The van der Waals surface area contributed by atoms with Gasteiger partial charge in [0.25, 0.3) is 5.56 Å². The van der Waals surface area contributed by atoms with Crippen molar-refractivity contribution in [1.82, 2.24) is 19.2 Å². The Morgan fingerprint density at radius 1 is 1.19 bits per heavy atom. The van der Waals surface area contributed by atoms with Crippen molar-refractivity contribution in [1.29, 1.82) is 5.41 Å². The van der Waals surface area contributed by atoms with E-state index in [0.717, 1.165) is 11.6 Å². The molecule has 1 aliphatic rings. The van der Waals surface area contributed by atoms with Gasteiger partial charge in [0.2, 0.25) is 0 Å². The molecule has 1 amide bonds. The van der Waals surface area contributed by atoms with Crippen molar-refractivity contribution < 1.29 is 27.8 Å². The lowest BCUT2D eigenvalue weighted by atomic mass is 9.91. The minimum absolute atomic E-state index is 0.0228. The van der Waals surface area contributed by atoms with Gasteiger partial charge in [0.1, 0.15) is 34.7 Å². The summed E-state index contributed by atoms with van der Waals surface area (Å²) in [6.07, 6.45) is 3.29. The van der Waals surface area contributed by atoms with E-state index in [9.17, 15) is 28.6 Å². The molecule has 0 bridgehead atoms. The largest absolute Gasteiger partial charge is 0.497 e. The van der Waals surface area contributed by atoms with E-state index < -0.39 is 40.9 Å². The second kappa shape index (κ2) is 16.9. The van der Waals surface area contributed by atoms with Gasteiger partial charge in [0.15, 0.2) is 6.29 Å². The van der Waals surface area contributed by atoms with Crippen molar-refractivity contribution in [3.8, 4) is 11.4 Å². The van der Waals surface area contributed by atoms with Gasteiger partial charge in [-0.25, -0.2) is 18.6 Å². The highest BCUT2D eigenvalue weighted by atomic mass is 35.5. The van der Waals surface area contributed by atoms with E-state index in [0.29, 0.717) is 18.6 Å². The second-order valence-corrected chi connectivity index (χ2v) is 14.7. The predicted octanol–water partition coefficient (Wildman–Crippen LogP) is 8.69. The van der Waals surface area contributed by atoms with E-state index in [1.807, 2.05) is 30.5 Å². The third-order valence-corrected chi connectivity index (χ3v) is 9.65. The Kier molecular flexibility index (Phi) is 12.5. The number of anilines is 1. The maximum Gasteiger partial charge on any atom is 0.408 e. The molecule has 0 spiro atoms. The van der Waals surface area contributed by atoms with Crippen LogP contribution in [0.4, 0.5) is 19.3 Å². The normalized spacial score (nSPS) is 14.8. The standard InChI is InChI=1S/C39H41ClF2N6O5S/c1-39(2,3)53-38(51)45-30(18-23-16-25(41)19-26(42)17-23)36-46-33-24(21-49)8-7-9-28(33)37(50)48(36)31-15-14-29(40)32(34(31)44-4)35(43)47(54-6)20-22-10-12-27(52-5)13-11-22/h7-16,19,21,23,30,43-44H,17-18,20H2,1-6H3,(H,45,51). The average Bonchev–Trinajstić information content (AvgIpc) is 3.12. The Bertz CT molecular complexity index is 2200. The molecule has 3 aromatic carbocycles. The summed E-state index contributed by atoms with van der Waals surface area (Å²) in [5.41, 5.74) is 0.317. The molecule has 0 saturated carbocycles. The van der Waals surface area contributed by atoms with E-state index in [1.165, 1.54) is 34.7 Å². The van der Waals surface area contributed by atoms with Crippen molar-refractivity contribution in [3.63, 3.8) is 0 Å². The zero-order valence-corrected chi connectivity index (χ0v) is 32.2. The number of fused-ring (bicyclic) bond motifs is 1. The van der Waals surface area contributed by atoms with E-state index in [2.05, 4.69) is 10.6 Å². The molecule has 3 N–H and O–H groups in total. The molecule has 4 aromatic rings. The number of methoxy groups -OCH3 is 1. The fourth-order valence-corrected chi connectivity index (χ4v) is 7.03. The fraction of sp³-hybridized carbons (Fsp3) is 0.308. The van der Waals surface area contributed by atoms with Gasteiger partial charge >= 0.3 is 6.09 Å². The first kappa shape index (κ1) is 40.0. The summed E-state index contributed by atoms with van der Waals surface area (Å²) in [5, 5.41) is 15.6. The summed E-state index contributed by atoms with van der Waals surface area (Å²) in [4.78, 5) is 45.2. The monoisotopic (exact) mass is 778 g/mol. The van der Waals surface area contributed by atoms with Crippen LogP contribution in [-0.2, 0) is 11.3 Å². The number of amidine groups is 1. The van der Waals surface area contributed by atoms with Crippen LogP contribution in [0, 0.1) is 11.3 Å². The van der Waals surface area contributed by atoms with E-state index in [4.69, 9.17) is 26.1 Å². The van der Waals surface area contributed by atoms with Gasteiger partial charge in [-0.3, -0.25) is 23.9 Å². The fourth-order valence-electron chi connectivity index (χ4n) is 6.23. The van der Waals surface area contributed by atoms with Gasteiger partial charge in [-0.2, -0.15) is 0 Å². The summed E-state index contributed by atoms with van der Waals surface area (Å²) < 4.78 is 42.9. The zero-order valence-electron chi connectivity index (χ0n) is 30.6. The Hall–Kier alpha value is -5.21. The first-order valence-electron chi connectivity index (χ1n) is 17.0. The van der Waals surface area contributed by atoms with Crippen molar-refractivity contribution >= 4 is 58.4 Å². The SMILES string of the molecule is CNc1c(-n2c(C(CC3C=C(F)C=C(F)C3)NC(=O)OC(C)(C)C)nc3c(C=O)cccc3c2=O)ccc(Cl)c1C(=N)N(Cc1ccc(OC)cc1)SC. The molecule has 0 fully saturated rings. The number of carbonyl (C=O) groups excluding carboxylic acids is 2. The number of benzene rings is 3. The molecule has 54 heavy (non-hydrogen) atoms. The second-order valence-electron chi connectivity index (χ2n) is 13.5. The number of nitrogens with one attached hydrogen (secondary N) is 3. The van der Waals surface area contributed by atoms with Crippen molar-refractivity contribution in [2.45, 2.75) is 51.8 Å². The number of allylic oxidation sites excluding steroid dienone is 4. The van der Waals surface area contributed by atoms with Gasteiger partial charge in [-0.05, 0) is 81.1 Å². The highest BCUT2D eigenvalue weighted by molar-refractivity contribution is 7.96. The Morgan fingerprint density at radius 3 is 2.52 bits per heavy atom. The quantitative estimate of drug-likeness (QED) is 0.0558. The van der Waals surface area contributed by atoms with E-state index in [-0.39, 0.29) is 62.9 Å². The topological polar surface area (TPSA) is 139 Å².